The summed E-state index contributed by atoms with van der Waals surface area (Å²) in [5.41, 5.74) is 2.40. The van der Waals surface area contributed by atoms with Crippen molar-refractivity contribution in [2.45, 2.75) is 69.3 Å². The fourth-order valence-electron chi connectivity index (χ4n) is 9.12. The van der Waals surface area contributed by atoms with Crippen LogP contribution in [0, 0.1) is 33.7 Å². The Bertz CT molecular complexity index is 2050. The number of hydrogen-bond donors (Lipinski definition) is 3. The van der Waals surface area contributed by atoms with Gasteiger partial charge < -0.3 is 43.8 Å². The number of amides is 1. The number of carbonyl (C=O) groups is 1. The lowest BCUT2D eigenvalue weighted by Crippen LogP contribution is -2.70. The number of non-ortho nitro benzene ring substituents is 1. The quantitative estimate of drug-likeness (QED) is 0.0380. The van der Waals surface area contributed by atoms with Crippen molar-refractivity contribution in [3.8, 4) is 17.2 Å². The van der Waals surface area contributed by atoms with Gasteiger partial charge in [0.25, 0.3) is 5.69 Å². The third-order valence-electron chi connectivity index (χ3n) is 11.8. The maximum Gasteiger partial charge on any atom is 0.415 e. The summed E-state index contributed by atoms with van der Waals surface area (Å²) >= 11 is 0. The van der Waals surface area contributed by atoms with Crippen molar-refractivity contribution in [3.05, 3.63) is 118 Å². The Morgan fingerprint density at radius 2 is 1.76 bits per heavy atom. The second kappa shape index (κ2) is 22.1. The van der Waals surface area contributed by atoms with Crippen molar-refractivity contribution < 1.29 is 57.9 Å². The highest BCUT2D eigenvalue weighted by atomic mass is 19.1. The van der Waals surface area contributed by atoms with Crippen molar-refractivity contribution in [2.75, 3.05) is 53.3 Å². The van der Waals surface area contributed by atoms with Gasteiger partial charge in [0, 0.05) is 55.4 Å². The summed E-state index contributed by atoms with van der Waals surface area (Å²) in [6, 6.07) is 16.1. The molecule has 15 nitrogen and oxygen atoms in total. The molecule has 334 valence electrons. The lowest BCUT2D eigenvalue weighted by atomic mass is 9.55. The number of oxime groups is 1. The average Bonchev–Trinajstić information content (AvgIpc) is 3.27. The molecule has 16 heteroatoms. The fraction of sp³-hybridized carbons (Fsp3) is 0.478. The predicted molar refractivity (Wildman–Crippen MR) is 226 cm³/mol. The van der Waals surface area contributed by atoms with Gasteiger partial charge in [-0.3, -0.25) is 15.0 Å². The number of unbranched alkanes of at least 4 members (excludes halogenated alkanes) is 2. The highest BCUT2D eigenvalue weighted by Crippen LogP contribution is 2.62. The lowest BCUT2D eigenvalue weighted by molar-refractivity contribution is -0.384. The molecule has 0 saturated heterocycles. The van der Waals surface area contributed by atoms with Crippen LogP contribution in [0.1, 0.15) is 62.0 Å². The van der Waals surface area contributed by atoms with Gasteiger partial charge in [-0.2, -0.15) is 0 Å². The first-order valence-electron chi connectivity index (χ1n) is 21.1. The predicted octanol–water partition coefficient (Wildman–Crippen LogP) is 7.09. The molecular formula is C46H56FN3O12. The Balaban J connectivity index is 1.53. The number of allylic oxidation sites excluding steroid dienone is 1. The molecule has 3 N–H and O–H groups in total. The molecule has 1 fully saturated rings. The minimum absolute atomic E-state index is 0.00643. The number of fused-ring (bicyclic) bond motifs is 2. The number of hydrogen-bond acceptors (Lipinski definition) is 13. The van der Waals surface area contributed by atoms with E-state index in [4.69, 9.17) is 28.5 Å². The Hall–Kier alpha value is -5.39. The number of ether oxygens (including phenoxy) is 5. The average molecular weight is 862 g/mol. The molecule has 1 saturated carbocycles. The Morgan fingerprint density at radius 3 is 2.45 bits per heavy atom. The molecule has 6 rings (SSSR count). The van der Waals surface area contributed by atoms with Crippen LogP contribution in [-0.4, -0.2) is 102 Å². The Labute approximate surface area is 360 Å². The Kier molecular flexibility index (Phi) is 16.4. The van der Waals surface area contributed by atoms with E-state index in [1.54, 1.807) is 36.4 Å². The summed E-state index contributed by atoms with van der Waals surface area (Å²) in [5, 5.41) is 45.2. The van der Waals surface area contributed by atoms with Gasteiger partial charge >= 0.3 is 6.09 Å². The summed E-state index contributed by atoms with van der Waals surface area (Å²) < 4.78 is 46.7. The van der Waals surface area contributed by atoms with Crippen molar-refractivity contribution >= 4 is 17.5 Å². The van der Waals surface area contributed by atoms with Gasteiger partial charge in [0.05, 0.1) is 43.0 Å². The summed E-state index contributed by atoms with van der Waals surface area (Å²) in [4.78, 5) is 32.4. The van der Waals surface area contributed by atoms with E-state index in [9.17, 15) is 34.6 Å². The summed E-state index contributed by atoms with van der Waals surface area (Å²) in [7, 11) is 1.45. The molecule has 3 aromatic carbocycles. The number of aliphatic hydroxyl groups excluding tert-OH is 3. The van der Waals surface area contributed by atoms with E-state index < -0.39 is 28.8 Å². The summed E-state index contributed by atoms with van der Waals surface area (Å²) in [5.74, 6) is -2.04. The molecule has 0 radical (unpaired) electrons. The number of nitrogens with zero attached hydrogens (tertiary/aromatic N) is 3. The molecule has 2 aliphatic carbocycles. The Morgan fingerprint density at radius 1 is 1.02 bits per heavy atom. The maximum atomic E-state index is 14.7. The van der Waals surface area contributed by atoms with Gasteiger partial charge in [-0.25, -0.2) is 9.18 Å². The number of carbonyl (C=O) groups excluding carboxylic acids is 1. The van der Waals surface area contributed by atoms with Crippen LogP contribution in [0.4, 0.5) is 14.9 Å². The van der Waals surface area contributed by atoms with Crippen LogP contribution < -0.4 is 14.2 Å². The van der Waals surface area contributed by atoms with Crippen molar-refractivity contribution in [1.29, 1.82) is 0 Å². The van der Waals surface area contributed by atoms with Crippen LogP contribution in [0.3, 0.4) is 0 Å². The van der Waals surface area contributed by atoms with Crippen LogP contribution in [-0.2, 0) is 20.9 Å². The lowest BCUT2D eigenvalue weighted by Gasteiger charge is -2.59. The highest BCUT2D eigenvalue weighted by molar-refractivity contribution is 6.03. The number of aliphatic hydroxyl groups is 3. The third-order valence-corrected chi connectivity index (χ3v) is 11.8. The molecule has 62 heavy (non-hydrogen) atoms. The topological polar surface area (TPSA) is 192 Å². The second-order valence-electron chi connectivity index (χ2n) is 15.5. The molecule has 0 spiro atoms. The zero-order valence-electron chi connectivity index (χ0n) is 34.9. The molecule has 1 amide bonds. The summed E-state index contributed by atoms with van der Waals surface area (Å²) in [6.07, 6.45) is 7.17. The van der Waals surface area contributed by atoms with E-state index in [-0.39, 0.29) is 94.2 Å². The van der Waals surface area contributed by atoms with Crippen LogP contribution in [0.5, 0.6) is 17.2 Å². The van der Waals surface area contributed by atoms with Crippen LogP contribution >= 0.6 is 0 Å². The molecule has 3 aromatic rings. The third kappa shape index (κ3) is 10.4. The minimum Gasteiger partial charge on any atom is -0.489 e. The molecule has 6 atom stereocenters. The molecule has 6 unspecified atom stereocenters. The van der Waals surface area contributed by atoms with E-state index in [1.165, 1.54) is 42.3 Å². The van der Waals surface area contributed by atoms with E-state index in [0.717, 1.165) is 24.0 Å². The van der Waals surface area contributed by atoms with Crippen molar-refractivity contribution in [3.63, 3.8) is 0 Å². The number of halogens is 1. The number of nitro benzene ring substituents is 1. The number of benzene rings is 3. The van der Waals surface area contributed by atoms with E-state index >= 15 is 0 Å². The first-order valence-corrected chi connectivity index (χ1v) is 21.1. The molecule has 3 aliphatic rings. The van der Waals surface area contributed by atoms with E-state index in [1.807, 2.05) is 6.07 Å². The summed E-state index contributed by atoms with van der Waals surface area (Å²) in [6.45, 7) is 3.74. The van der Waals surface area contributed by atoms with Gasteiger partial charge in [-0.15, -0.1) is 6.58 Å². The van der Waals surface area contributed by atoms with Crippen molar-refractivity contribution in [2.24, 2.45) is 22.9 Å². The van der Waals surface area contributed by atoms with Gasteiger partial charge in [0.15, 0.2) is 0 Å². The largest absolute Gasteiger partial charge is 0.489 e. The first kappa shape index (κ1) is 46.1. The second-order valence-corrected chi connectivity index (χ2v) is 15.5. The molecular weight excluding hydrogens is 806 g/mol. The molecule has 0 aromatic heterocycles. The highest BCUT2D eigenvalue weighted by Gasteiger charge is 2.65. The monoisotopic (exact) mass is 861 g/mol. The first-order chi connectivity index (χ1) is 30.2. The van der Waals surface area contributed by atoms with Crippen LogP contribution in [0.25, 0.3) is 0 Å². The normalized spacial score (nSPS) is 23.0. The SMILES string of the molecule is C=CCOC12Oc3ccc(OCc4ccccc4F)cc3C3C(CCCCO)C(CCCCO)C=C(C(=NOC)CC1N(CCOCCO)C(=O)Oc1ccc([N+](=O)[O-])cc1)C32. The van der Waals surface area contributed by atoms with Crippen LogP contribution in [0.15, 0.2) is 96.2 Å². The van der Waals surface area contributed by atoms with Gasteiger partial charge in [0.1, 0.15) is 42.8 Å². The zero-order chi connectivity index (χ0) is 44.1. The van der Waals surface area contributed by atoms with Gasteiger partial charge in [-0.1, -0.05) is 48.3 Å². The minimum atomic E-state index is -1.61. The van der Waals surface area contributed by atoms with Crippen molar-refractivity contribution in [1.82, 2.24) is 4.90 Å². The van der Waals surface area contributed by atoms with E-state index in [2.05, 4.69) is 17.8 Å². The fourth-order valence-corrected chi connectivity index (χ4v) is 9.12. The van der Waals surface area contributed by atoms with Gasteiger partial charge in [0.2, 0.25) is 5.79 Å². The zero-order valence-corrected chi connectivity index (χ0v) is 34.9. The number of rotatable bonds is 23. The van der Waals surface area contributed by atoms with Crippen LogP contribution in [0.2, 0.25) is 0 Å². The smallest absolute Gasteiger partial charge is 0.415 e. The molecule has 1 heterocycles. The molecule has 1 aliphatic heterocycles. The maximum absolute atomic E-state index is 14.7. The standard InChI is InChI=1S/C46H56FN3O12/c1-3-24-60-46-42(49(20-25-58-26-23-53)45(54)61-34-16-14-33(15-17-34)50(55)56)29-40(48-57-2)37-27-31(10-6-8-21-51)36(12-7-9-22-52)43(44(37)46)38-28-35(18-19-41(38)62-46)59-30-32-11-4-5-13-39(32)47/h3-5,11,13-19,27-28,31,36,42-44,51-53H,1,6-10,12,20-26,29-30H2,2H3. The van der Waals surface area contributed by atoms with E-state index in [0.29, 0.717) is 48.5 Å². The molecule has 0 bridgehead atoms. The van der Waals surface area contributed by atoms with Gasteiger partial charge in [-0.05, 0) is 79.5 Å². The number of nitro groups is 1.